The van der Waals surface area contributed by atoms with Crippen molar-refractivity contribution in [3.05, 3.63) is 42.2 Å². The number of nitrogens with zero attached hydrogens (tertiary/aromatic N) is 1. The van der Waals surface area contributed by atoms with Crippen molar-refractivity contribution in [3.63, 3.8) is 0 Å². The van der Waals surface area contributed by atoms with Crippen molar-refractivity contribution in [3.8, 4) is 0 Å². The van der Waals surface area contributed by atoms with Gasteiger partial charge in [0.25, 0.3) is 11.8 Å². The Hall–Kier alpha value is -2.19. The highest BCUT2D eigenvalue weighted by Crippen LogP contribution is 2.08. The number of amides is 2. The third kappa shape index (κ3) is 3.66. The average molecular weight is 280 g/mol. The van der Waals surface area contributed by atoms with Crippen LogP contribution in [-0.4, -0.2) is 40.5 Å². The lowest BCUT2D eigenvalue weighted by atomic mass is 9.80. The number of carbonyl (C=O) groups is 2. The lowest BCUT2D eigenvalue weighted by Crippen LogP contribution is -2.45. The molecule has 0 unspecified atom stereocenters. The minimum absolute atomic E-state index is 0.0720. The summed E-state index contributed by atoms with van der Waals surface area (Å²) in [5, 5.41) is 18.7. The minimum Gasteiger partial charge on any atom is -0.423 e. The summed E-state index contributed by atoms with van der Waals surface area (Å²) in [4.78, 5) is 23.2. The molecule has 1 aromatic carbocycles. The van der Waals surface area contributed by atoms with Gasteiger partial charge in [0, 0.05) is 6.54 Å². The van der Waals surface area contributed by atoms with Crippen LogP contribution in [0.4, 0.5) is 4.39 Å². The highest BCUT2D eigenvalue weighted by Gasteiger charge is 2.21. The molecule has 0 heterocycles. The molecule has 0 aliphatic rings. The van der Waals surface area contributed by atoms with Crippen LogP contribution < -0.4 is 10.9 Å². The van der Waals surface area contributed by atoms with Gasteiger partial charge in [-0.25, -0.2) is 9.40 Å². The molecule has 3 N–H and O–H groups in total. The van der Waals surface area contributed by atoms with Gasteiger partial charge in [0.05, 0.1) is 5.56 Å². The van der Waals surface area contributed by atoms with Crippen molar-refractivity contribution in [2.24, 2.45) is 0 Å². The van der Waals surface area contributed by atoms with Gasteiger partial charge in [-0.15, -0.1) is 0 Å². The quantitative estimate of drug-likeness (QED) is 0.382. The third-order valence-corrected chi connectivity index (χ3v) is 2.51. The Morgan fingerprint density at radius 3 is 2.60 bits per heavy atom. The van der Waals surface area contributed by atoms with Crippen LogP contribution in [0.2, 0.25) is 0 Å². The molecule has 20 heavy (non-hydrogen) atoms. The highest BCUT2D eigenvalue weighted by molar-refractivity contribution is 6.58. The van der Waals surface area contributed by atoms with Gasteiger partial charge in [0.15, 0.2) is 0 Å². The summed E-state index contributed by atoms with van der Waals surface area (Å²) in [6.07, 6.45) is 0.984. The van der Waals surface area contributed by atoms with Gasteiger partial charge in [-0.05, 0) is 30.6 Å². The molecule has 8 heteroatoms. The summed E-state index contributed by atoms with van der Waals surface area (Å²) in [6.45, 7) is 4.98. The fourth-order valence-corrected chi connectivity index (χ4v) is 1.46. The number of nitrogens with one attached hydrogen (secondary N) is 1. The normalized spacial score (nSPS) is 9.80. The maximum Gasteiger partial charge on any atom is 0.488 e. The van der Waals surface area contributed by atoms with E-state index in [1.54, 1.807) is 6.92 Å². The van der Waals surface area contributed by atoms with Crippen molar-refractivity contribution in [2.45, 2.75) is 6.92 Å². The molecule has 6 nitrogen and oxygen atoms in total. The molecule has 0 spiro atoms. The summed E-state index contributed by atoms with van der Waals surface area (Å²) in [5.74, 6) is -2.26. The predicted octanol–water partition coefficient (Wildman–Crippen LogP) is -0.815. The second-order valence-corrected chi connectivity index (χ2v) is 3.84. The van der Waals surface area contributed by atoms with Gasteiger partial charge in [-0.3, -0.25) is 15.0 Å². The predicted molar refractivity (Wildman–Crippen MR) is 71.3 cm³/mol. The monoisotopic (exact) mass is 280 g/mol. The van der Waals surface area contributed by atoms with Crippen molar-refractivity contribution in [2.75, 3.05) is 6.54 Å². The molecule has 0 aromatic heterocycles. The molecule has 0 aliphatic carbocycles. The van der Waals surface area contributed by atoms with Gasteiger partial charge in [0.1, 0.15) is 5.82 Å². The van der Waals surface area contributed by atoms with Crippen LogP contribution in [0, 0.1) is 5.82 Å². The summed E-state index contributed by atoms with van der Waals surface area (Å²) in [7, 11) is -1.82. The molecule has 0 saturated heterocycles. The molecular formula is C12H14BFN2O4. The van der Waals surface area contributed by atoms with Crippen molar-refractivity contribution >= 4 is 24.4 Å². The molecule has 1 rings (SSSR count). The van der Waals surface area contributed by atoms with E-state index in [0.29, 0.717) is 0 Å². The van der Waals surface area contributed by atoms with Gasteiger partial charge < -0.3 is 10.0 Å². The lowest BCUT2D eigenvalue weighted by molar-refractivity contribution is -0.120. The SMILES string of the molecule is C=CC(=O)NN(CC)C(=O)c1ccc(B(O)O)cc1F. The van der Waals surface area contributed by atoms with E-state index in [1.165, 1.54) is 6.07 Å². The largest absolute Gasteiger partial charge is 0.488 e. The zero-order valence-electron chi connectivity index (χ0n) is 10.8. The van der Waals surface area contributed by atoms with E-state index >= 15 is 0 Å². The number of carbonyl (C=O) groups excluding carboxylic acids is 2. The van der Waals surface area contributed by atoms with Crippen LogP contribution in [0.1, 0.15) is 17.3 Å². The Kier molecular flexibility index (Phi) is 5.42. The van der Waals surface area contributed by atoms with E-state index in [-0.39, 0.29) is 17.6 Å². The van der Waals surface area contributed by atoms with E-state index in [9.17, 15) is 14.0 Å². The molecule has 0 saturated carbocycles. The maximum absolute atomic E-state index is 13.8. The Morgan fingerprint density at radius 1 is 1.50 bits per heavy atom. The standard InChI is InChI=1S/C12H14BFN2O4/c1-3-11(17)15-16(4-2)12(18)9-6-5-8(13(19)20)7-10(9)14/h3,5-7,19-20H,1,4H2,2H3,(H,15,17). The summed E-state index contributed by atoms with van der Waals surface area (Å²) < 4.78 is 13.8. The first-order valence-electron chi connectivity index (χ1n) is 5.81. The molecule has 106 valence electrons. The fourth-order valence-electron chi connectivity index (χ4n) is 1.46. The Labute approximate surface area is 115 Å². The maximum atomic E-state index is 13.8. The van der Waals surface area contributed by atoms with Crippen LogP contribution in [0.5, 0.6) is 0 Å². The van der Waals surface area contributed by atoms with Gasteiger partial charge in [-0.1, -0.05) is 12.6 Å². The zero-order valence-corrected chi connectivity index (χ0v) is 10.8. The Morgan fingerprint density at radius 2 is 2.15 bits per heavy atom. The van der Waals surface area contributed by atoms with E-state index in [1.807, 2.05) is 0 Å². The van der Waals surface area contributed by atoms with E-state index in [0.717, 1.165) is 23.2 Å². The zero-order chi connectivity index (χ0) is 15.3. The first-order chi connectivity index (χ1) is 9.40. The van der Waals surface area contributed by atoms with Crippen LogP contribution in [0.3, 0.4) is 0 Å². The Balaban J connectivity index is 3.01. The molecule has 0 atom stereocenters. The van der Waals surface area contributed by atoms with Crippen molar-refractivity contribution < 1.29 is 24.0 Å². The van der Waals surface area contributed by atoms with Gasteiger partial charge in [-0.2, -0.15) is 0 Å². The van der Waals surface area contributed by atoms with Crippen LogP contribution in [-0.2, 0) is 4.79 Å². The molecule has 2 amide bonds. The Bertz CT molecular complexity index is 536. The van der Waals surface area contributed by atoms with Crippen LogP contribution in [0.15, 0.2) is 30.9 Å². The minimum atomic E-state index is -1.82. The number of hydrogen-bond donors (Lipinski definition) is 3. The van der Waals surface area contributed by atoms with E-state index in [4.69, 9.17) is 10.0 Å². The molecule has 0 fully saturated rings. The lowest BCUT2D eigenvalue weighted by Gasteiger charge is -2.21. The van der Waals surface area contributed by atoms with Gasteiger partial charge in [0.2, 0.25) is 0 Å². The molecule has 0 bridgehead atoms. The van der Waals surface area contributed by atoms with Crippen molar-refractivity contribution in [1.29, 1.82) is 0 Å². The molecule has 0 radical (unpaired) electrons. The van der Waals surface area contributed by atoms with Gasteiger partial charge >= 0.3 is 7.12 Å². The number of hydrazine groups is 1. The number of benzene rings is 1. The summed E-state index contributed by atoms with van der Waals surface area (Å²) >= 11 is 0. The van der Waals surface area contributed by atoms with Crippen LogP contribution in [0.25, 0.3) is 0 Å². The highest BCUT2D eigenvalue weighted by atomic mass is 19.1. The smallest absolute Gasteiger partial charge is 0.423 e. The average Bonchev–Trinajstić information content (AvgIpc) is 2.43. The van der Waals surface area contributed by atoms with E-state index < -0.39 is 24.7 Å². The second-order valence-electron chi connectivity index (χ2n) is 3.84. The number of hydrogen-bond acceptors (Lipinski definition) is 4. The fraction of sp³-hybridized carbons (Fsp3) is 0.167. The molecule has 0 aliphatic heterocycles. The molecule has 1 aromatic rings. The topological polar surface area (TPSA) is 89.9 Å². The van der Waals surface area contributed by atoms with Crippen LogP contribution >= 0.6 is 0 Å². The second kappa shape index (κ2) is 6.83. The summed E-state index contributed by atoms with van der Waals surface area (Å²) in [5.41, 5.74) is 1.88. The van der Waals surface area contributed by atoms with Crippen molar-refractivity contribution in [1.82, 2.24) is 10.4 Å². The van der Waals surface area contributed by atoms with E-state index in [2.05, 4.69) is 12.0 Å². The third-order valence-electron chi connectivity index (χ3n) is 2.51. The first kappa shape index (κ1) is 15.9. The summed E-state index contributed by atoms with van der Waals surface area (Å²) in [6, 6.07) is 3.18. The number of rotatable bonds is 4. The first-order valence-corrected chi connectivity index (χ1v) is 5.81. The molecular weight excluding hydrogens is 266 g/mol. The number of halogens is 1.